The van der Waals surface area contributed by atoms with Crippen LogP contribution in [0.4, 0.5) is 5.82 Å². The first-order valence-electron chi connectivity index (χ1n) is 8.84. The van der Waals surface area contributed by atoms with Gasteiger partial charge in [-0.05, 0) is 56.4 Å². The standard InChI is InChI=1S/C21H22ClN3/c1-14-8-3-4-9-16(14)20-17-10-5-6-13-23-21(17)25(24-20)19-12-7-11-18(22)15(19)2/h3-4,7-9,11-12,23H,5-6,10,13H2,1-2H3. The van der Waals surface area contributed by atoms with Gasteiger partial charge in [0.2, 0.25) is 0 Å². The van der Waals surface area contributed by atoms with Crippen molar-refractivity contribution in [2.75, 3.05) is 11.9 Å². The first-order chi connectivity index (χ1) is 12.2. The topological polar surface area (TPSA) is 29.9 Å². The SMILES string of the molecule is Cc1ccccc1-c1nn(-c2cccc(Cl)c2C)c2c1CCCCN2. The van der Waals surface area contributed by atoms with E-state index in [1.165, 1.54) is 29.5 Å². The quantitative estimate of drug-likeness (QED) is 0.655. The van der Waals surface area contributed by atoms with Gasteiger partial charge in [0.1, 0.15) is 5.82 Å². The van der Waals surface area contributed by atoms with E-state index in [0.717, 1.165) is 40.8 Å². The third kappa shape index (κ3) is 2.83. The van der Waals surface area contributed by atoms with Gasteiger partial charge in [0.25, 0.3) is 0 Å². The highest BCUT2D eigenvalue weighted by atomic mass is 35.5. The molecule has 0 saturated heterocycles. The van der Waals surface area contributed by atoms with Crippen LogP contribution in [0.2, 0.25) is 5.02 Å². The van der Waals surface area contributed by atoms with Crippen LogP contribution in [0, 0.1) is 13.8 Å². The highest BCUT2D eigenvalue weighted by molar-refractivity contribution is 6.31. The lowest BCUT2D eigenvalue weighted by molar-refractivity contribution is 0.779. The van der Waals surface area contributed by atoms with Crippen LogP contribution in [0.3, 0.4) is 0 Å². The Hall–Kier alpha value is -2.26. The summed E-state index contributed by atoms with van der Waals surface area (Å²) in [4.78, 5) is 0. The van der Waals surface area contributed by atoms with Gasteiger partial charge < -0.3 is 5.32 Å². The van der Waals surface area contributed by atoms with Gasteiger partial charge in [-0.25, -0.2) is 4.68 Å². The van der Waals surface area contributed by atoms with E-state index < -0.39 is 0 Å². The molecule has 1 aromatic heterocycles. The maximum atomic E-state index is 6.37. The van der Waals surface area contributed by atoms with E-state index in [4.69, 9.17) is 16.7 Å². The number of anilines is 1. The zero-order valence-corrected chi connectivity index (χ0v) is 15.4. The van der Waals surface area contributed by atoms with E-state index in [-0.39, 0.29) is 0 Å². The van der Waals surface area contributed by atoms with Crippen molar-refractivity contribution in [3.63, 3.8) is 0 Å². The highest BCUT2D eigenvalue weighted by Gasteiger charge is 2.23. The van der Waals surface area contributed by atoms with Crippen molar-refractivity contribution in [2.45, 2.75) is 33.1 Å². The van der Waals surface area contributed by atoms with Gasteiger partial charge in [0.05, 0.1) is 11.4 Å². The van der Waals surface area contributed by atoms with Gasteiger partial charge in [0, 0.05) is 22.7 Å². The van der Waals surface area contributed by atoms with E-state index in [1.807, 2.05) is 16.8 Å². The molecule has 0 saturated carbocycles. The molecule has 1 N–H and O–H groups in total. The molecule has 1 aliphatic rings. The summed E-state index contributed by atoms with van der Waals surface area (Å²) >= 11 is 6.37. The van der Waals surface area contributed by atoms with Crippen molar-refractivity contribution < 1.29 is 0 Å². The van der Waals surface area contributed by atoms with E-state index in [0.29, 0.717) is 0 Å². The molecule has 0 spiro atoms. The van der Waals surface area contributed by atoms with Crippen molar-refractivity contribution in [3.05, 3.63) is 64.2 Å². The first-order valence-corrected chi connectivity index (χ1v) is 9.22. The van der Waals surface area contributed by atoms with Gasteiger partial charge in [-0.2, -0.15) is 5.10 Å². The smallest absolute Gasteiger partial charge is 0.133 e. The largest absolute Gasteiger partial charge is 0.370 e. The Kier molecular flexibility index (Phi) is 4.26. The summed E-state index contributed by atoms with van der Waals surface area (Å²) in [6.07, 6.45) is 3.40. The second-order valence-electron chi connectivity index (χ2n) is 6.67. The number of fused-ring (bicyclic) bond motifs is 1. The number of nitrogens with zero attached hydrogens (tertiary/aromatic N) is 2. The van der Waals surface area contributed by atoms with Gasteiger partial charge >= 0.3 is 0 Å². The summed E-state index contributed by atoms with van der Waals surface area (Å²) in [7, 11) is 0. The average molecular weight is 352 g/mol. The molecule has 2 heterocycles. The predicted molar refractivity (Wildman–Crippen MR) is 105 cm³/mol. The lowest BCUT2D eigenvalue weighted by atomic mass is 10.00. The Balaban J connectivity index is 1.97. The molecular formula is C21H22ClN3. The minimum atomic E-state index is 0.771. The Labute approximate surface area is 153 Å². The number of halogens is 1. The lowest BCUT2D eigenvalue weighted by Crippen LogP contribution is -2.08. The second kappa shape index (κ2) is 6.57. The zero-order chi connectivity index (χ0) is 17.4. The molecule has 128 valence electrons. The summed E-state index contributed by atoms with van der Waals surface area (Å²) in [5, 5.41) is 9.41. The molecule has 0 bridgehead atoms. The normalized spacial score (nSPS) is 13.9. The van der Waals surface area contributed by atoms with Crippen LogP contribution in [0.15, 0.2) is 42.5 Å². The fourth-order valence-corrected chi connectivity index (χ4v) is 3.73. The summed E-state index contributed by atoms with van der Waals surface area (Å²) in [5.74, 6) is 1.11. The third-order valence-electron chi connectivity index (χ3n) is 5.00. The van der Waals surface area contributed by atoms with Gasteiger partial charge in [0.15, 0.2) is 0 Å². The molecule has 3 nitrogen and oxygen atoms in total. The molecule has 0 radical (unpaired) electrons. The Morgan fingerprint density at radius 2 is 1.88 bits per heavy atom. The number of hydrogen-bond acceptors (Lipinski definition) is 2. The Morgan fingerprint density at radius 1 is 1.04 bits per heavy atom. The number of benzene rings is 2. The minimum Gasteiger partial charge on any atom is -0.370 e. The number of aryl methyl sites for hydroxylation is 1. The molecule has 2 aromatic carbocycles. The van der Waals surface area contributed by atoms with Gasteiger partial charge in [-0.15, -0.1) is 0 Å². The second-order valence-corrected chi connectivity index (χ2v) is 7.08. The number of rotatable bonds is 2. The van der Waals surface area contributed by atoms with E-state index in [9.17, 15) is 0 Å². The number of aromatic nitrogens is 2. The molecule has 0 aliphatic carbocycles. The summed E-state index contributed by atoms with van der Waals surface area (Å²) in [6, 6.07) is 14.5. The van der Waals surface area contributed by atoms with Crippen LogP contribution in [0.1, 0.15) is 29.5 Å². The maximum Gasteiger partial charge on any atom is 0.133 e. The molecule has 4 heteroatoms. The van der Waals surface area contributed by atoms with E-state index in [2.05, 4.69) is 49.5 Å². The van der Waals surface area contributed by atoms with E-state index >= 15 is 0 Å². The molecule has 4 rings (SSSR count). The minimum absolute atomic E-state index is 0.771. The molecule has 3 aromatic rings. The Morgan fingerprint density at radius 3 is 2.72 bits per heavy atom. The molecule has 0 fully saturated rings. The summed E-state index contributed by atoms with van der Waals surface area (Å²) in [5.41, 5.74) is 6.95. The average Bonchev–Trinajstić information content (AvgIpc) is 2.79. The Bertz CT molecular complexity index is 927. The van der Waals surface area contributed by atoms with Crippen LogP contribution in [-0.4, -0.2) is 16.3 Å². The van der Waals surface area contributed by atoms with Gasteiger partial charge in [-0.1, -0.05) is 41.9 Å². The molecule has 25 heavy (non-hydrogen) atoms. The fourth-order valence-electron chi connectivity index (χ4n) is 3.56. The van der Waals surface area contributed by atoms with Crippen molar-refractivity contribution in [1.82, 2.24) is 9.78 Å². The fraction of sp³-hybridized carbons (Fsp3) is 0.286. The zero-order valence-electron chi connectivity index (χ0n) is 14.6. The van der Waals surface area contributed by atoms with Crippen LogP contribution < -0.4 is 5.32 Å². The van der Waals surface area contributed by atoms with Crippen molar-refractivity contribution >= 4 is 17.4 Å². The van der Waals surface area contributed by atoms with Crippen molar-refractivity contribution in [2.24, 2.45) is 0 Å². The molecule has 0 amide bonds. The van der Waals surface area contributed by atoms with Crippen molar-refractivity contribution in [1.29, 1.82) is 0 Å². The van der Waals surface area contributed by atoms with Crippen LogP contribution in [-0.2, 0) is 6.42 Å². The van der Waals surface area contributed by atoms with Crippen molar-refractivity contribution in [3.8, 4) is 16.9 Å². The number of nitrogens with one attached hydrogen (secondary N) is 1. The number of hydrogen-bond donors (Lipinski definition) is 1. The molecular weight excluding hydrogens is 330 g/mol. The molecule has 0 unspecified atom stereocenters. The summed E-state index contributed by atoms with van der Waals surface area (Å²) < 4.78 is 2.05. The van der Waals surface area contributed by atoms with Crippen LogP contribution in [0.5, 0.6) is 0 Å². The van der Waals surface area contributed by atoms with Crippen LogP contribution in [0.25, 0.3) is 16.9 Å². The molecule has 0 atom stereocenters. The van der Waals surface area contributed by atoms with Gasteiger partial charge in [-0.3, -0.25) is 0 Å². The predicted octanol–water partition coefficient (Wildman–Crippen LogP) is 5.56. The highest BCUT2D eigenvalue weighted by Crippen LogP contribution is 2.36. The summed E-state index contributed by atoms with van der Waals surface area (Å²) in [6.45, 7) is 5.18. The first kappa shape index (κ1) is 16.2. The monoisotopic (exact) mass is 351 g/mol. The third-order valence-corrected chi connectivity index (χ3v) is 5.41. The van der Waals surface area contributed by atoms with E-state index in [1.54, 1.807) is 0 Å². The van der Waals surface area contributed by atoms with Crippen LogP contribution >= 0.6 is 11.6 Å². The maximum absolute atomic E-state index is 6.37. The lowest BCUT2D eigenvalue weighted by Gasteiger charge is -2.12. The molecule has 1 aliphatic heterocycles.